The Hall–Kier alpha value is -0.120. The largest absolute Gasteiger partial charge is 0.349 e. The molecule has 1 N–H and O–H groups in total. The number of rotatable bonds is 1. The van der Waals surface area contributed by atoms with Crippen LogP contribution in [0.1, 0.15) is 38.5 Å². The molecule has 0 aromatic heterocycles. The van der Waals surface area contributed by atoms with E-state index in [0.717, 1.165) is 32.5 Å². The summed E-state index contributed by atoms with van der Waals surface area (Å²) in [6.45, 7) is 3.00. The summed E-state index contributed by atoms with van der Waals surface area (Å²) in [6, 6.07) is 0. The zero-order valence-corrected chi connectivity index (χ0v) is 9.34. The molecule has 3 heteroatoms. The minimum Gasteiger partial charge on any atom is -0.349 e. The van der Waals surface area contributed by atoms with Crippen molar-refractivity contribution >= 4 is 0 Å². The first-order valence-corrected chi connectivity index (χ1v) is 6.38. The van der Waals surface area contributed by atoms with E-state index in [1.54, 1.807) is 0 Å². The molecular formula is C12H21NO2. The zero-order chi connectivity index (χ0) is 10.1. The second-order valence-corrected chi connectivity index (χ2v) is 5.27. The molecule has 1 saturated carbocycles. The van der Waals surface area contributed by atoms with Crippen molar-refractivity contribution in [3.8, 4) is 0 Å². The van der Waals surface area contributed by atoms with Crippen LogP contribution in [0.2, 0.25) is 0 Å². The summed E-state index contributed by atoms with van der Waals surface area (Å²) in [5.74, 6) is 0.680. The lowest BCUT2D eigenvalue weighted by Gasteiger charge is -2.32. The van der Waals surface area contributed by atoms with E-state index in [1.807, 2.05) is 0 Å². The number of hydrogen-bond acceptors (Lipinski definition) is 3. The van der Waals surface area contributed by atoms with Crippen molar-refractivity contribution in [2.24, 2.45) is 5.92 Å². The van der Waals surface area contributed by atoms with E-state index in [4.69, 9.17) is 9.47 Å². The summed E-state index contributed by atoms with van der Waals surface area (Å²) in [6.07, 6.45) is 7.69. The molecule has 3 rings (SSSR count). The van der Waals surface area contributed by atoms with Gasteiger partial charge in [-0.15, -0.1) is 0 Å². The van der Waals surface area contributed by atoms with Gasteiger partial charge in [-0.1, -0.05) is 12.8 Å². The summed E-state index contributed by atoms with van der Waals surface area (Å²) in [7, 11) is 0. The molecule has 3 nitrogen and oxygen atoms in total. The van der Waals surface area contributed by atoms with Gasteiger partial charge in [-0.3, -0.25) is 0 Å². The molecule has 0 aromatic carbocycles. The van der Waals surface area contributed by atoms with Gasteiger partial charge in [0, 0.05) is 5.92 Å². The average molecular weight is 211 g/mol. The Labute approximate surface area is 91.5 Å². The fourth-order valence-electron chi connectivity index (χ4n) is 3.15. The van der Waals surface area contributed by atoms with Crippen LogP contribution in [0.3, 0.4) is 0 Å². The van der Waals surface area contributed by atoms with Crippen molar-refractivity contribution < 1.29 is 9.47 Å². The molecule has 0 radical (unpaired) electrons. The zero-order valence-electron chi connectivity index (χ0n) is 9.34. The molecule has 1 aliphatic carbocycles. The Morgan fingerprint density at radius 3 is 2.53 bits per heavy atom. The highest BCUT2D eigenvalue weighted by Gasteiger charge is 2.44. The van der Waals surface area contributed by atoms with Crippen molar-refractivity contribution in [2.45, 2.75) is 50.4 Å². The number of piperidine rings is 1. The maximum absolute atomic E-state index is 6.21. The molecule has 3 fully saturated rings. The fourth-order valence-corrected chi connectivity index (χ4v) is 3.15. The fraction of sp³-hybridized carbons (Fsp3) is 1.00. The predicted molar refractivity (Wildman–Crippen MR) is 57.6 cm³/mol. The SMILES string of the molecule is C1CCC(C2OCC3(CCNCC3)O2)C1. The lowest BCUT2D eigenvalue weighted by atomic mass is 9.93. The lowest BCUT2D eigenvalue weighted by molar-refractivity contribution is -0.126. The summed E-state index contributed by atoms with van der Waals surface area (Å²) in [4.78, 5) is 0. The van der Waals surface area contributed by atoms with E-state index < -0.39 is 0 Å². The van der Waals surface area contributed by atoms with Gasteiger partial charge in [0.15, 0.2) is 6.29 Å². The van der Waals surface area contributed by atoms with Crippen LogP contribution in [0.25, 0.3) is 0 Å². The molecule has 2 aliphatic heterocycles. The monoisotopic (exact) mass is 211 g/mol. The van der Waals surface area contributed by atoms with Crippen LogP contribution in [0.5, 0.6) is 0 Å². The third kappa shape index (κ3) is 1.93. The molecule has 3 aliphatic rings. The second kappa shape index (κ2) is 4.04. The van der Waals surface area contributed by atoms with E-state index in [-0.39, 0.29) is 11.9 Å². The smallest absolute Gasteiger partial charge is 0.161 e. The summed E-state index contributed by atoms with van der Waals surface area (Å²) < 4.78 is 12.1. The van der Waals surface area contributed by atoms with Gasteiger partial charge in [0.1, 0.15) is 0 Å². The van der Waals surface area contributed by atoms with Crippen molar-refractivity contribution in [3.05, 3.63) is 0 Å². The third-order valence-electron chi connectivity index (χ3n) is 4.18. The van der Waals surface area contributed by atoms with Gasteiger partial charge in [-0.2, -0.15) is 0 Å². The van der Waals surface area contributed by atoms with Crippen molar-refractivity contribution in [3.63, 3.8) is 0 Å². The Balaban J connectivity index is 1.61. The minimum atomic E-state index is 0.0680. The first-order chi connectivity index (χ1) is 7.38. The van der Waals surface area contributed by atoms with Crippen LogP contribution >= 0.6 is 0 Å². The standard InChI is InChI=1S/C12H21NO2/c1-2-4-10(3-1)11-14-9-12(15-11)5-7-13-8-6-12/h10-11,13H,1-9H2. The highest BCUT2D eigenvalue weighted by Crippen LogP contribution is 2.39. The topological polar surface area (TPSA) is 30.5 Å². The average Bonchev–Trinajstić information content (AvgIpc) is 2.88. The van der Waals surface area contributed by atoms with Gasteiger partial charge in [-0.05, 0) is 38.8 Å². The quantitative estimate of drug-likeness (QED) is 0.715. The van der Waals surface area contributed by atoms with Crippen LogP contribution in [-0.4, -0.2) is 31.6 Å². The van der Waals surface area contributed by atoms with Gasteiger partial charge in [0.25, 0.3) is 0 Å². The number of ether oxygens (including phenoxy) is 2. The minimum absolute atomic E-state index is 0.0680. The van der Waals surface area contributed by atoms with Crippen LogP contribution in [0.4, 0.5) is 0 Å². The first kappa shape index (κ1) is 10.1. The molecular weight excluding hydrogens is 190 g/mol. The summed E-state index contributed by atoms with van der Waals surface area (Å²) in [5, 5.41) is 3.38. The Morgan fingerprint density at radius 1 is 1.07 bits per heavy atom. The lowest BCUT2D eigenvalue weighted by Crippen LogP contribution is -2.44. The van der Waals surface area contributed by atoms with Crippen LogP contribution in [0, 0.1) is 5.92 Å². The van der Waals surface area contributed by atoms with Crippen molar-refractivity contribution in [1.82, 2.24) is 5.32 Å². The van der Waals surface area contributed by atoms with Crippen LogP contribution in [0.15, 0.2) is 0 Å². The molecule has 1 atom stereocenters. The molecule has 86 valence electrons. The van der Waals surface area contributed by atoms with Crippen molar-refractivity contribution in [2.75, 3.05) is 19.7 Å². The van der Waals surface area contributed by atoms with Crippen LogP contribution in [-0.2, 0) is 9.47 Å². The molecule has 1 unspecified atom stereocenters. The second-order valence-electron chi connectivity index (χ2n) is 5.27. The Morgan fingerprint density at radius 2 is 1.80 bits per heavy atom. The first-order valence-electron chi connectivity index (χ1n) is 6.38. The summed E-state index contributed by atoms with van der Waals surface area (Å²) in [5.41, 5.74) is 0.0680. The maximum Gasteiger partial charge on any atom is 0.161 e. The normalized spacial score (nSPS) is 36.4. The van der Waals surface area contributed by atoms with Gasteiger partial charge in [0.05, 0.1) is 12.2 Å². The molecule has 1 spiro atoms. The number of nitrogens with one attached hydrogen (secondary N) is 1. The Bertz CT molecular complexity index is 220. The van der Waals surface area contributed by atoms with Gasteiger partial charge in [0.2, 0.25) is 0 Å². The van der Waals surface area contributed by atoms with E-state index in [2.05, 4.69) is 5.32 Å². The number of hydrogen-bond donors (Lipinski definition) is 1. The molecule has 2 heterocycles. The summed E-state index contributed by atoms with van der Waals surface area (Å²) >= 11 is 0. The van der Waals surface area contributed by atoms with E-state index in [0.29, 0.717) is 5.92 Å². The van der Waals surface area contributed by atoms with Crippen LogP contribution < -0.4 is 5.32 Å². The van der Waals surface area contributed by atoms with E-state index in [1.165, 1.54) is 25.7 Å². The molecule has 0 aromatic rings. The van der Waals surface area contributed by atoms with Gasteiger partial charge < -0.3 is 14.8 Å². The van der Waals surface area contributed by atoms with Crippen molar-refractivity contribution in [1.29, 1.82) is 0 Å². The molecule has 0 amide bonds. The highest BCUT2D eigenvalue weighted by molar-refractivity contribution is 4.91. The molecule has 2 saturated heterocycles. The Kier molecular flexibility index (Phi) is 2.71. The van der Waals surface area contributed by atoms with Gasteiger partial charge >= 0.3 is 0 Å². The van der Waals surface area contributed by atoms with E-state index >= 15 is 0 Å². The predicted octanol–water partition coefficient (Wildman–Crippen LogP) is 1.67. The molecule has 0 bridgehead atoms. The molecule has 15 heavy (non-hydrogen) atoms. The third-order valence-corrected chi connectivity index (χ3v) is 4.18. The van der Waals surface area contributed by atoms with E-state index in [9.17, 15) is 0 Å². The van der Waals surface area contributed by atoms with Gasteiger partial charge in [-0.25, -0.2) is 0 Å². The highest BCUT2D eigenvalue weighted by atomic mass is 16.7. The maximum atomic E-state index is 6.21.